The van der Waals surface area contributed by atoms with Crippen LogP contribution in [0.5, 0.6) is 5.75 Å². The standard InChI is InChI=1S/C31H35F6N3O4/c1-3-43-23-11-8-20(9-12-23)24-19-22(10-13-25(24)32)40(27(41)21-14-16-30(42,17-15-21)31(35,36)37)18-6-4-5-7-26-38-28(44-39-26)29(2,33)34/h8-13,19,21,42H,3-7,14-18H2,1-2H3. The van der Waals surface area contributed by atoms with E-state index in [1.807, 2.05) is 6.92 Å². The largest absolute Gasteiger partial charge is 0.494 e. The number of halogens is 6. The van der Waals surface area contributed by atoms with Crippen molar-refractivity contribution in [2.75, 3.05) is 18.1 Å². The van der Waals surface area contributed by atoms with E-state index < -0.39 is 54.1 Å². The fraction of sp³-hybridized carbons (Fsp3) is 0.516. The average molecular weight is 628 g/mol. The van der Waals surface area contributed by atoms with Gasteiger partial charge < -0.3 is 19.3 Å². The Hall–Kier alpha value is -3.61. The predicted molar refractivity (Wildman–Crippen MR) is 150 cm³/mol. The number of anilines is 1. The molecule has 1 saturated carbocycles. The van der Waals surface area contributed by atoms with Crippen LogP contribution in [-0.2, 0) is 17.1 Å². The second-order valence-electron chi connectivity index (χ2n) is 11.1. The lowest BCUT2D eigenvalue weighted by Crippen LogP contribution is -2.50. The van der Waals surface area contributed by atoms with Crippen molar-refractivity contribution >= 4 is 11.6 Å². The maximum atomic E-state index is 15.0. The molecular weight excluding hydrogens is 592 g/mol. The van der Waals surface area contributed by atoms with E-state index in [9.17, 15) is 36.2 Å². The van der Waals surface area contributed by atoms with E-state index in [1.165, 1.54) is 23.1 Å². The van der Waals surface area contributed by atoms with Gasteiger partial charge in [0.2, 0.25) is 5.91 Å². The number of aliphatic hydroxyl groups is 1. The highest BCUT2D eigenvalue weighted by atomic mass is 19.4. The summed E-state index contributed by atoms with van der Waals surface area (Å²) in [6, 6.07) is 11.0. The SMILES string of the molecule is CCOc1ccc(-c2cc(N(CCCCCc3noc(C(C)(F)F)n3)C(=O)C3CCC(O)(C(F)(F)F)CC3)ccc2F)cc1. The van der Waals surface area contributed by atoms with E-state index in [0.29, 0.717) is 49.8 Å². The Balaban J connectivity index is 1.50. The number of ether oxygens (including phenoxy) is 1. The molecule has 240 valence electrons. The van der Waals surface area contributed by atoms with Crippen LogP contribution in [0.15, 0.2) is 47.0 Å². The summed E-state index contributed by atoms with van der Waals surface area (Å²) in [5.74, 6) is -4.96. The molecule has 0 atom stereocenters. The molecule has 1 amide bonds. The summed E-state index contributed by atoms with van der Waals surface area (Å²) in [5.41, 5.74) is -1.67. The fourth-order valence-corrected chi connectivity index (χ4v) is 5.28. The molecule has 0 spiro atoms. The zero-order valence-corrected chi connectivity index (χ0v) is 24.5. The summed E-state index contributed by atoms with van der Waals surface area (Å²) in [4.78, 5) is 18.9. The number of rotatable bonds is 12. The predicted octanol–water partition coefficient (Wildman–Crippen LogP) is 7.62. The summed E-state index contributed by atoms with van der Waals surface area (Å²) in [5, 5.41) is 13.7. The van der Waals surface area contributed by atoms with E-state index in [0.717, 1.165) is 0 Å². The minimum Gasteiger partial charge on any atom is -0.494 e. The van der Waals surface area contributed by atoms with Gasteiger partial charge in [-0.25, -0.2) is 4.39 Å². The normalized spacial score (nSPS) is 19.2. The molecule has 2 aromatic carbocycles. The van der Waals surface area contributed by atoms with Crippen LogP contribution >= 0.6 is 0 Å². The van der Waals surface area contributed by atoms with Gasteiger partial charge in [0.1, 0.15) is 11.6 Å². The Morgan fingerprint density at radius 2 is 1.75 bits per heavy atom. The first-order chi connectivity index (χ1) is 20.7. The second-order valence-corrected chi connectivity index (χ2v) is 11.1. The summed E-state index contributed by atoms with van der Waals surface area (Å²) in [6.07, 6.45) is -4.52. The van der Waals surface area contributed by atoms with Crippen molar-refractivity contribution in [1.29, 1.82) is 0 Å². The number of benzene rings is 2. The van der Waals surface area contributed by atoms with Crippen LogP contribution < -0.4 is 9.64 Å². The molecule has 1 aliphatic carbocycles. The lowest BCUT2D eigenvalue weighted by Gasteiger charge is -2.38. The Bertz CT molecular complexity index is 1400. The lowest BCUT2D eigenvalue weighted by molar-refractivity contribution is -0.271. The van der Waals surface area contributed by atoms with Gasteiger partial charge in [-0.1, -0.05) is 23.7 Å². The molecule has 4 rings (SSSR count). The smallest absolute Gasteiger partial charge is 0.417 e. The maximum Gasteiger partial charge on any atom is 0.417 e. The van der Waals surface area contributed by atoms with E-state index in [2.05, 4.69) is 14.7 Å². The van der Waals surface area contributed by atoms with Gasteiger partial charge in [0.15, 0.2) is 11.4 Å². The lowest BCUT2D eigenvalue weighted by atomic mass is 9.77. The highest BCUT2D eigenvalue weighted by Crippen LogP contribution is 2.44. The number of hydrogen-bond acceptors (Lipinski definition) is 6. The highest BCUT2D eigenvalue weighted by Gasteiger charge is 2.55. The first-order valence-corrected chi connectivity index (χ1v) is 14.6. The minimum absolute atomic E-state index is 0.132. The maximum absolute atomic E-state index is 15.0. The first kappa shape index (κ1) is 33.3. The molecule has 3 aromatic rings. The minimum atomic E-state index is -4.79. The molecule has 0 radical (unpaired) electrons. The molecule has 1 aliphatic rings. The van der Waals surface area contributed by atoms with Gasteiger partial charge in [-0.3, -0.25) is 4.79 Å². The number of carbonyl (C=O) groups excluding carboxylic acids is 1. The van der Waals surface area contributed by atoms with Crippen LogP contribution in [0.2, 0.25) is 0 Å². The first-order valence-electron chi connectivity index (χ1n) is 14.6. The van der Waals surface area contributed by atoms with Gasteiger partial charge in [0.05, 0.1) is 6.61 Å². The van der Waals surface area contributed by atoms with Crippen molar-refractivity contribution in [1.82, 2.24) is 10.1 Å². The quantitative estimate of drug-likeness (QED) is 0.164. The van der Waals surface area contributed by atoms with Crippen LogP contribution in [0.1, 0.15) is 70.5 Å². The molecule has 13 heteroatoms. The Morgan fingerprint density at radius 3 is 2.34 bits per heavy atom. The Morgan fingerprint density at radius 1 is 1.07 bits per heavy atom. The molecule has 1 fully saturated rings. The zero-order valence-electron chi connectivity index (χ0n) is 24.5. The third-order valence-electron chi connectivity index (χ3n) is 7.82. The molecule has 0 aliphatic heterocycles. The number of aromatic nitrogens is 2. The van der Waals surface area contributed by atoms with Gasteiger partial charge >= 0.3 is 12.1 Å². The fourth-order valence-electron chi connectivity index (χ4n) is 5.28. The van der Waals surface area contributed by atoms with Crippen LogP contribution in [0.25, 0.3) is 11.1 Å². The van der Waals surface area contributed by atoms with Crippen LogP contribution in [0, 0.1) is 11.7 Å². The molecule has 1 aromatic heterocycles. The van der Waals surface area contributed by atoms with Crippen molar-refractivity contribution in [3.8, 4) is 16.9 Å². The Kier molecular flexibility index (Phi) is 10.3. The number of nitrogens with zero attached hydrogens (tertiary/aromatic N) is 3. The number of alkyl halides is 5. The summed E-state index contributed by atoms with van der Waals surface area (Å²) < 4.78 is 91.9. The van der Waals surface area contributed by atoms with Crippen molar-refractivity contribution in [3.63, 3.8) is 0 Å². The van der Waals surface area contributed by atoms with Crippen molar-refractivity contribution in [2.45, 2.75) is 82.9 Å². The molecule has 1 heterocycles. The van der Waals surface area contributed by atoms with Gasteiger partial charge in [0, 0.05) is 37.1 Å². The van der Waals surface area contributed by atoms with Crippen LogP contribution in [0.3, 0.4) is 0 Å². The van der Waals surface area contributed by atoms with Crippen molar-refractivity contribution < 1.29 is 45.5 Å². The highest BCUT2D eigenvalue weighted by molar-refractivity contribution is 5.95. The van der Waals surface area contributed by atoms with E-state index >= 15 is 0 Å². The summed E-state index contributed by atoms with van der Waals surface area (Å²) in [7, 11) is 0. The number of hydrogen-bond donors (Lipinski definition) is 1. The van der Waals surface area contributed by atoms with Crippen LogP contribution in [0.4, 0.5) is 32.0 Å². The monoisotopic (exact) mass is 627 g/mol. The second kappa shape index (κ2) is 13.6. The van der Waals surface area contributed by atoms with E-state index in [4.69, 9.17) is 4.74 Å². The number of carbonyl (C=O) groups is 1. The number of aryl methyl sites for hydroxylation is 1. The van der Waals surface area contributed by atoms with Gasteiger partial charge in [-0.2, -0.15) is 26.9 Å². The molecule has 7 nitrogen and oxygen atoms in total. The topological polar surface area (TPSA) is 88.7 Å². The van der Waals surface area contributed by atoms with Gasteiger partial charge in [-0.15, -0.1) is 0 Å². The summed E-state index contributed by atoms with van der Waals surface area (Å²) in [6.45, 7) is 3.14. The van der Waals surface area contributed by atoms with Gasteiger partial charge in [0.25, 0.3) is 5.89 Å². The zero-order chi connectivity index (χ0) is 32.1. The molecular formula is C31H35F6N3O4. The third kappa shape index (κ3) is 7.91. The molecule has 1 N–H and O–H groups in total. The van der Waals surface area contributed by atoms with Crippen molar-refractivity contribution in [3.05, 3.63) is 60.0 Å². The molecule has 44 heavy (non-hydrogen) atoms. The van der Waals surface area contributed by atoms with E-state index in [-0.39, 0.29) is 37.2 Å². The molecule has 0 bridgehead atoms. The van der Waals surface area contributed by atoms with Crippen LogP contribution in [-0.4, -0.2) is 46.1 Å². The Labute approximate surface area is 251 Å². The van der Waals surface area contributed by atoms with E-state index in [1.54, 1.807) is 24.3 Å². The third-order valence-corrected chi connectivity index (χ3v) is 7.82. The average Bonchev–Trinajstić information content (AvgIpc) is 3.46. The molecule has 0 saturated heterocycles. The molecule has 0 unspecified atom stereocenters. The van der Waals surface area contributed by atoms with Gasteiger partial charge in [-0.05, 0) is 81.3 Å². The van der Waals surface area contributed by atoms with Crippen molar-refractivity contribution in [2.24, 2.45) is 5.92 Å². The number of amides is 1. The summed E-state index contributed by atoms with van der Waals surface area (Å²) >= 11 is 0. The number of unbranched alkanes of at least 4 members (excludes halogenated alkanes) is 2.